The van der Waals surface area contributed by atoms with Crippen molar-refractivity contribution in [3.8, 4) is 0 Å². The lowest BCUT2D eigenvalue weighted by molar-refractivity contribution is -0.582. The first-order valence-electron chi connectivity index (χ1n) is 7.67. The average molecular weight is 282 g/mol. The van der Waals surface area contributed by atoms with Gasteiger partial charge in [-0.2, -0.15) is 0 Å². The summed E-state index contributed by atoms with van der Waals surface area (Å²) in [5, 5.41) is 0. The number of ether oxygens (including phenoxy) is 2. The fourth-order valence-electron chi connectivity index (χ4n) is 5.01. The summed E-state index contributed by atoms with van der Waals surface area (Å²) in [4.78, 5) is 23.6. The third-order valence-electron chi connectivity index (χ3n) is 5.92. The normalized spacial score (nSPS) is 57.8. The summed E-state index contributed by atoms with van der Waals surface area (Å²) in [6, 6.07) is 0. The number of carbonyl (C=O) groups excluding carboxylic acids is 1. The molecule has 0 aromatic carbocycles. The van der Waals surface area contributed by atoms with E-state index in [4.69, 9.17) is 19.2 Å². The minimum Gasteiger partial charge on any atom is -0.430 e. The van der Waals surface area contributed by atoms with Gasteiger partial charge in [-0.25, -0.2) is 9.78 Å². The summed E-state index contributed by atoms with van der Waals surface area (Å²) < 4.78 is 11.8. The van der Waals surface area contributed by atoms with Gasteiger partial charge in [0, 0.05) is 25.2 Å². The average Bonchev–Trinajstić information content (AvgIpc) is 2.56. The summed E-state index contributed by atoms with van der Waals surface area (Å²) in [6.07, 6.45) is 4.25. The zero-order valence-electron chi connectivity index (χ0n) is 12.3. The molecule has 0 radical (unpaired) electrons. The minimum atomic E-state index is -1.03. The molecular formula is C15H22O5. The van der Waals surface area contributed by atoms with E-state index in [-0.39, 0.29) is 11.9 Å². The van der Waals surface area contributed by atoms with Crippen molar-refractivity contribution in [3.05, 3.63) is 0 Å². The van der Waals surface area contributed by atoms with Crippen LogP contribution in [-0.4, -0.2) is 23.1 Å². The van der Waals surface area contributed by atoms with E-state index in [1.807, 2.05) is 13.8 Å². The summed E-state index contributed by atoms with van der Waals surface area (Å²) in [7, 11) is 0. The maximum atomic E-state index is 12.0. The predicted octanol–water partition coefficient (Wildman–Crippen LogP) is 2.54. The first-order valence-corrected chi connectivity index (χ1v) is 7.67. The molecule has 5 fully saturated rings. The van der Waals surface area contributed by atoms with Crippen molar-refractivity contribution in [2.75, 3.05) is 0 Å². The molecule has 1 aliphatic carbocycles. The molecule has 2 bridgehead atoms. The van der Waals surface area contributed by atoms with Crippen LogP contribution in [0.3, 0.4) is 0 Å². The Morgan fingerprint density at radius 1 is 1.15 bits per heavy atom. The van der Waals surface area contributed by atoms with Crippen LogP contribution in [0.5, 0.6) is 0 Å². The first-order chi connectivity index (χ1) is 9.39. The van der Waals surface area contributed by atoms with Crippen LogP contribution in [0, 0.1) is 17.8 Å². The standard InChI is InChI=1S/C15H22O5/c1-9-4-5-10-8-12(16)17-14(3)15(10)11(9)6-7-13(2,18-14)19-20-15/h9-11H,4-8H2,1-3H3/t9-,10+,11+,13?,14-,15+/m1/s1. The Balaban J connectivity index is 1.88. The van der Waals surface area contributed by atoms with Crippen LogP contribution in [-0.2, 0) is 24.0 Å². The van der Waals surface area contributed by atoms with Gasteiger partial charge in [-0.15, -0.1) is 0 Å². The van der Waals surface area contributed by atoms with Crippen molar-refractivity contribution < 1.29 is 24.0 Å². The van der Waals surface area contributed by atoms with Gasteiger partial charge in [0.05, 0.1) is 6.42 Å². The molecule has 5 aliphatic rings. The molecule has 5 heteroatoms. The lowest BCUT2D eigenvalue weighted by Crippen LogP contribution is -2.73. The van der Waals surface area contributed by atoms with E-state index in [1.165, 1.54) is 0 Å². The Kier molecular flexibility index (Phi) is 2.45. The fraction of sp³-hybridized carbons (Fsp3) is 0.933. The third kappa shape index (κ3) is 1.41. The van der Waals surface area contributed by atoms with E-state index in [9.17, 15) is 4.79 Å². The van der Waals surface area contributed by atoms with Crippen LogP contribution in [0.2, 0.25) is 0 Å². The van der Waals surface area contributed by atoms with E-state index in [0.717, 1.165) is 25.7 Å². The molecule has 0 aromatic heterocycles. The molecule has 20 heavy (non-hydrogen) atoms. The van der Waals surface area contributed by atoms with Crippen LogP contribution in [0.1, 0.15) is 52.9 Å². The van der Waals surface area contributed by atoms with E-state index >= 15 is 0 Å². The Hall–Kier alpha value is -0.650. The summed E-state index contributed by atoms with van der Waals surface area (Å²) in [6.45, 7) is 5.98. The summed E-state index contributed by atoms with van der Waals surface area (Å²) >= 11 is 0. The van der Waals surface area contributed by atoms with E-state index in [2.05, 4.69) is 6.92 Å². The van der Waals surface area contributed by atoms with Crippen molar-refractivity contribution >= 4 is 5.97 Å². The van der Waals surface area contributed by atoms with Crippen molar-refractivity contribution in [2.24, 2.45) is 17.8 Å². The topological polar surface area (TPSA) is 54.0 Å². The van der Waals surface area contributed by atoms with E-state index < -0.39 is 17.2 Å². The van der Waals surface area contributed by atoms with Gasteiger partial charge in [-0.05, 0) is 32.1 Å². The van der Waals surface area contributed by atoms with Crippen molar-refractivity contribution in [2.45, 2.75) is 70.1 Å². The van der Waals surface area contributed by atoms with Gasteiger partial charge in [0.25, 0.3) is 0 Å². The Morgan fingerprint density at radius 2 is 1.95 bits per heavy atom. The highest BCUT2D eigenvalue weighted by atomic mass is 17.3. The second-order valence-electron chi connectivity index (χ2n) is 7.22. The van der Waals surface area contributed by atoms with Crippen LogP contribution < -0.4 is 0 Å². The van der Waals surface area contributed by atoms with Crippen LogP contribution in [0.4, 0.5) is 0 Å². The molecule has 6 atom stereocenters. The molecule has 5 nitrogen and oxygen atoms in total. The van der Waals surface area contributed by atoms with Gasteiger partial charge in [0.1, 0.15) is 0 Å². The van der Waals surface area contributed by atoms with Crippen molar-refractivity contribution in [1.82, 2.24) is 0 Å². The Labute approximate surface area is 118 Å². The number of fused-ring (bicyclic) bond motifs is 2. The number of hydrogen-bond donors (Lipinski definition) is 0. The highest BCUT2D eigenvalue weighted by Crippen LogP contribution is 2.62. The largest absolute Gasteiger partial charge is 0.430 e. The van der Waals surface area contributed by atoms with Gasteiger partial charge in [0.15, 0.2) is 5.60 Å². The molecule has 4 heterocycles. The zero-order valence-corrected chi connectivity index (χ0v) is 12.3. The predicted molar refractivity (Wildman–Crippen MR) is 68.1 cm³/mol. The fourth-order valence-corrected chi connectivity index (χ4v) is 5.01. The second-order valence-corrected chi connectivity index (χ2v) is 7.22. The van der Waals surface area contributed by atoms with Crippen LogP contribution in [0.25, 0.3) is 0 Å². The lowest BCUT2D eigenvalue weighted by atomic mass is 9.58. The van der Waals surface area contributed by atoms with Gasteiger partial charge < -0.3 is 9.47 Å². The number of hydrogen-bond acceptors (Lipinski definition) is 5. The lowest BCUT2D eigenvalue weighted by Gasteiger charge is -2.60. The van der Waals surface area contributed by atoms with Gasteiger partial charge in [-0.3, -0.25) is 4.79 Å². The third-order valence-corrected chi connectivity index (χ3v) is 5.92. The number of carbonyl (C=O) groups is 1. The highest BCUT2D eigenvalue weighted by molar-refractivity contribution is 5.72. The van der Waals surface area contributed by atoms with E-state index in [1.54, 1.807) is 0 Å². The van der Waals surface area contributed by atoms with Gasteiger partial charge in [-0.1, -0.05) is 6.92 Å². The number of esters is 1. The molecule has 112 valence electrons. The summed E-state index contributed by atoms with van der Waals surface area (Å²) in [5.41, 5.74) is -0.644. The molecule has 5 rings (SSSR count). The van der Waals surface area contributed by atoms with Gasteiger partial charge >= 0.3 is 5.97 Å². The molecule has 0 amide bonds. The first kappa shape index (κ1) is 13.0. The van der Waals surface area contributed by atoms with Gasteiger partial charge in [0.2, 0.25) is 11.6 Å². The van der Waals surface area contributed by atoms with E-state index in [0.29, 0.717) is 18.3 Å². The van der Waals surface area contributed by atoms with Crippen molar-refractivity contribution in [1.29, 1.82) is 0 Å². The molecule has 1 unspecified atom stereocenters. The number of rotatable bonds is 0. The van der Waals surface area contributed by atoms with Crippen molar-refractivity contribution in [3.63, 3.8) is 0 Å². The maximum absolute atomic E-state index is 12.0. The molecule has 4 aliphatic heterocycles. The second kappa shape index (κ2) is 3.76. The molecular weight excluding hydrogens is 260 g/mol. The Bertz CT molecular complexity index is 461. The molecule has 1 saturated carbocycles. The summed E-state index contributed by atoms with van der Waals surface area (Å²) in [5.74, 6) is -1.08. The smallest absolute Gasteiger partial charge is 0.308 e. The highest BCUT2D eigenvalue weighted by Gasteiger charge is 2.74. The molecule has 1 spiro atoms. The quantitative estimate of drug-likeness (QED) is 0.505. The van der Waals surface area contributed by atoms with Crippen LogP contribution >= 0.6 is 0 Å². The molecule has 0 N–H and O–H groups in total. The molecule has 4 saturated heterocycles. The minimum absolute atomic E-state index is 0.123. The monoisotopic (exact) mass is 282 g/mol. The zero-order chi connectivity index (χ0) is 14.2. The SMILES string of the molecule is C[C@@H]1CC[C@H]2CC(=O)O[C@]3(C)OC4(C)CC[C@@H]1[C@@]23OO4. The maximum Gasteiger partial charge on any atom is 0.308 e. The Morgan fingerprint density at radius 3 is 2.75 bits per heavy atom. The van der Waals surface area contributed by atoms with Crippen LogP contribution in [0.15, 0.2) is 0 Å². The molecule has 0 aromatic rings.